The largest absolute Gasteiger partial charge is 0.0952 e. The average Bonchev–Trinajstić information content (AvgIpc) is 2.18. The van der Waals surface area contributed by atoms with Gasteiger partial charge in [0, 0.05) is 0 Å². The number of hydrogen-bond acceptors (Lipinski definition) is 0. The fraction of sp³-hybridized carbons (Fsp3) is 0.429. The highest BCUT2D eigenvalue weighted by molar-refractivity contribution is 5.63. The van der Waals surface area contributed by atoms with E-state index in [1.807, 2.05) is 0 Å². The first-order valence-corrected chi connectivity index (χ1v) is 5.38. The molecule has 0 N–H and O–H groups in total. The van der Waals surface area contributed by atoms with Crippen molar-refractivity contribution in [2.24, 2.45) is 5.92 Å². The number of benzene rings is 1. The van der Waals surface area contributed by atoms with Crippen LogP contribution in [0.15, 0.2) is 30.8 Å². The molecule has 0 aliphatic rings. The van der Waals surface area contributed by atoms with E-state index in [1.165, 1.54) is 23.1 Å². The molecule has 1 atom stereocenters. The maximum absolute atomic E-state index is 4.14. The van der Waals surface area contributed by atoms with E-state index in [1.54, 1.807) is 0 Å². The van der Waals surface area contributed by atoms with Crippen LogP contribution in [0.3, 0.4) is 0 Å². The van der Waals surface area contributed by atoms with E-state index in [0.29, 0.717) is 0 Å². The van der Waals surface area contributed by atoms with E-state index >= 15 is 0 Å². The zero-order chi connectivity index (χ0) is 10.6. The van der Waals surface area contributed by atoms with Crippen molar-refractivity contribution in [1.82, 2.24) is 0 Å². The summed E-state index contributed by atoms with van der Waals surface area (Å²) in [4.78, 5) is 0. The summed E-state index contributed by atoms with van der Waals surface area (Å²) in [5.41, 5.74) is 3.86. The predicted octanol–water partition coefficient (Wildman–Crippen LogP) is 4.44. The third kappa shape index (κ3) is 3.02. The van der Waals surface area contributed by atoms with Gasteiger partial charge in [-0.05, 0) is 30.4 Å². The topological polar surface area (TPSA) is 0 Å². The van der Waals surface area contributed by atoms with Gasteiger partial charge in [-0.2, -0.15) is 0 Å². The van der Waals surface area contributed by atoms with Gasteiger partial charge in [0.2, 0.25) is 0 Å². The SMILES string of the molecule is C=C(CC(C)CC)c1ccc(C)cc1. The monoisotopic (exact) mass is 188 g/mol. The highest BCUT2D eigenvalue weighted by atomic mass is 14.1. The van der Waals surface area contributed by atoms with Gasteiger partial charge >= 0.3 is 0 Å². The maximum Gasteiger partial charge on any atom is -0.0230 e. The third-order valence-electron chi connectivity index (χ3n) is 2.75. The number of hydrogen-bond donors (Lipinski definition) is 0. The molecule has 1 aromatic carbocycles. The minimum absolute atomic E-state index is 0.740. The molecule has 0 saturated heterocycles. The van der Waals surface area contributed by atoms with E-state index in [0.717, 1.165) is 12.3 Å². The molecule has 0 aromatic heterocycles. The molecule has 14 heavy (non-hydrogen) atoms. The molecular weight excluding hydrogens is 168 g/mol. The number of aryl methyl sites for hydroxylation is 1. The van der Waals surface area contributed by atoms with Gasteiger partial charge in [-0.25, -0.2) is 0 Å². The summed E-state index contributed by atoms with van der Waals surface area (Å²) in [5, 5.41) is 0. The van der Waals surface area contributed by atoms with Crippen LogP contribution in [-0.2, 0) is 0 Å². The van der Waals surface area contributed by atoms with Crippen molar-refractivity contribution in [2.45, 2.75) is 33.6 Å². The first-order chi connectivity index (χ1) is 6.63. The van der Waals surface area contributed by atoms with Crippen molar-refractivity contribution in [3.8, 4) is 0 Å². The van der Waals surface area contributed by atoms with Gasteiger partial charge in [-0.3, -0.25) is 0 Å². The molecule has 0 amide bonds. The van der Waals surface area contributed by atoms with Crippen molar-refractivity contribution in [2.75, 3.05) is 0 Å². The van der Waals surface area contributed by atoms with Crippen molar-refractivity contribution < 1.29 is 0 Å². The average molecular weight is 188 g/mol. The summed E-state index contributed by atoms with van der Waals surface area (Å²) in [7, 11) is 0. The normalized spacial score (nSPS) is 12.5. The summed E-state index contributed by atoms with van der Waals surface area (Å²) in [6, 6.07) is 8.63. The maximum atomic E-state index is 4.14. The van der Waals surface area contributed by atoms with E-state index in [-0.39, 0.29) is 0 Å². The zero-order valence-corrected chi connectivity index (χ0v) is 9.51. The summed E-state index contributed by atoms with van der Waals surface area (Å²) in [5.74, 6) is 0.740. The second kappa shape index (κ2) is 4.99. The molecule has 1 aromatic rings. The summed E-state index contributed by atoms with van der Waals surface area (Å²) >= 11 is 0. The Labute approximate surface area is 87.7 Å². The van der Waals surface area contributed by atoms with Gasteiger partial charge in [-0.15, -0.1) is 0 Å². The van der Waals surface area contributed by atoms with E-state index in [4.69, 9.17) is 0 Å². The second-order valence-corrected chi connectivity index (χ2v) is 4.19. The molecule has 0 spiro atoms. The molecule has 0 nitrogen and oxygen atoms in total. The van der Waals surface area contributed by atoms with Crippen LogP contribution < -0.4 is 0 Å². The Kier molecular flexibility index (Phi) is 3.94. The predicted molar refractivity (Wildman–Crippen MR) is 64.3 cm³/mol. The Morgan fingerprint density at radius 1 is 1.29 bits per heavy atom. The zero-order valence-electron chi connectivity index (χ0n) is 9.51. The molecule has 0 radical (unpaired) electrons. The van der Waals surface area contributed by atoms with Crippen LogP contribution in [-0.4, -0.2) is 0 Å². The molecule has 0 bridgehead atoms. The quantitative estimate of drug-likeness (QED) is 0.655. The van der Waals surface area contributed by atoms with Crippen molar-refractivity contribution in [3.63, 3.8) is 0 Å². The van der Waals surface area contributed by atoms with Gasteiger partial charge in [0.25, 0.3) is 0 Å². The molecule has 76 valence electrons. The van der Waals surface area contributed by atoms with Gasteiger partial charge in [0.05, 0.1) is 0 Å². The highest BCUT2D eigenvalue weighted by Gasteiger charge is 2.03. The van der Waals surface area contributed by atoms with Crippen molar-refractivity contribution in [3.05, 3.63) is 42.0 Å². The van der Waals surface area contributed by atoms with Crippen LogP contribution in [0.25, 0.3) is 5.57 Å². The number of allylic oxidation sites excluding steroid dienone is 1. The highest BCUT2D eigenvalue weighted by Crippen LogP contribution is 2.22. The molecular formula is C14H20. The molecule has 0 saturated carbocycles. The summed E-state index contributed by atoms with van der Waals surface area (Å²) in [6.07, 6.45) is 2.34. The number of rotatable bonds is 4. The van der Waals surface area contributed by atoms with E-state index < -0.39 is 0 Å². The third-order valence-corrected chi connectivity index (χ3v) is 2.75. The molecule has 0 heterocycles. The van der Waals surface area contributed by atoms with Gasteiger partial charge < -0.3 is 0 Å². The van der Waals surface area contributed by atoms with Crippen LogP contribution in [0.4, 0.5) is 0 Å². The van der Waals surface area contributed by atoms with Crippen molar-refractivity contribution >= 4 is 5.57 Å². The molecule has 0 aliphatic heterocycles. The van der Waals surface area contributed by atoms with E-state index in [9.17, 15) is 0 Å². The van der Waals surface area contributed by atoms with Gasteiger partial charge in [-0.1, -0.05) is 56.7 Å². The fourth-order valence-electron chi connectivity index (χ4n) is 1.47. The summed E-state index contributed by atoms with van der Waals surface area (Å²) in [6.45, 7) is 10.8. The lowest BCUT2D eigenvalue weighted by molar-refractivity contribution is 0.580. The molecule has 1 rings (SSSR count). The lowest BCUT2D eigenvalue weighted by Crippen LogP contribution is -1.94. The molecule has 0 aliphatic carbocycles. The van der Waals surface area contributed by atoms with Crippen LogP contribution >= 0.6 is 0 Å². The molecule has 1 unspecified atom stereocenters. The Morgan fingerprint density at radius 3 is 2.36 bits per heavy atom. The first-order valence-electron chi connectivity index (χ1n) is 5.38. The van der Waals surface area contributed by atoms with Crippen LogP contribution in [0, 0.1) is 12.8 Å². The Morgan fingerprint density at radius 2 is 1.86 bits per heavy atom. The smallest absolute Gasteiger partial charge is 0.0230 e. The summed E-state index contributed by atoms with van der Waals surface area (Å²) < 4.78 is 0. The van der Waals surface area contributed by atoms with Gasteiger partial charge in [0.15, 0.2) is 0 Å². The van der Waals surface area contributed by atoms with Crippen molar-refractivity contribution in [1.29, 1.82) is 0 Å². The first kappa shape index (κ1) is 11.0. The minimum atomic E-state index is 0.740. The van der Waals surface area contributed by atoms with Gasteiger partial charge in [0.1, 0.15) is 0 Å². The van der Waals surface area contributed by atoms with E-state index in [2.05, 4.69) is 51.6 Å². The lowest BCUT2D eigenvalue weighted by Gasteiger charge is -2.11. The van der Waals surface area contributed by atoms with Crippen LogP contribution in [0.2, 0.25) is 0 Å². The molecule has 0 fully saturated rings. The van der Waals surface area contributed by atoms with Crippen LogP contribution in [0.1, 0.15) is 37.8 Å². The molecule has 0 heteroatoms. The van der Waals surface area contributed by atoms with Crippen LogP contribution in [0.5, 0.6) is 0 Å². The standard InChI is InChI=1S/C14H20/c1-5-11(2)10-13(4)14-8-6-12(3)7-9-14/h6-9,11H,4-5,10H2,1-3H3. The Hall–Kier alpha value is -1.04. The second-order valence-electron chi connectivity index (χ2n) is 4.19. The Bertz CT molecular complexity index is 292. The minimum Gasteiger partial charge on any atom is -0.0952 e. The fourth-order valence-corrected chi connectivity index (χ4v) is 1.47. The lowest BCUT2D eigenvalue weighted by atomic mass is 9.95. The Balaban J connectivity index is 2.65.